The maximum atomic E-state index is 12.4. The first-order valence-electron chi connectivity index (χ1n) is 7.25. The van der Waals surface area contributed by atoms with Crippen LogP contribution in [0.4, 0.5) is 10.5 Å². The van der Waals surface area contributed by atoms with Gasteiger partial charge in [0, 0.05) is 18.8 Å². The summed E-state index contributed by atoms with van der Waals surface area (Å²) < 4.78 is 0. The van der Waals surface area contributed by atoms with Crippen LogP contribution in [-0.2, 0) is 4.79 Å². The van der Waals surface area contributed by atoms with Crippen LogP contribution in [0.3, 0.4) is 0 Å². The largest absolute Gasteiger partial charge is 0.481 e. The second kappa shape index (κ2) is 5.76. The lowest BCUT2D eigenvalue weighted by Crippen LogP contribution is -2.38. The minimum absolute atomic E-state index is 0.219. The van der Waals surface area contributed by atoms with Gasteiger partial charge in [-0.15, -0.1) is 0 Å². The molecular formula is C16H22N2O3. The molecule has 1 aliphatic heterocycles. The van der Waals surface area contributed by atoms with Crippen LogP contribution >= 0.6 is 0 Å². The minimum Gasteiger partial charge on any atom is -0.481 e. The zero-order valence-electron chi connectivity index (χ0n) is 12.8. The molecule has 2 N–H and O–H groups in total. The van der Waals surface area contributed by atoms with Gasteiger partial charge in [-0.05, 0) is 37.8 Å². The van der Waals surface area contributed by atoms with Crippen molar-refractivity contribution in [3.8, 4) is 0 Å². The number of aliphatic carboxylic acids is 1. The van der Waals surface area contributed by atoms with E-state index in [9.17, 15) is 14.7 Å². The van der Waals surface area contributed by atoms with Crippen molar-refractivity contribution in [2.75, 3.05) is 18.4 Å². The fraction of sp³-hybridized carbons (Fsp3) is 0.500. The number of para-hydroxylation sites is 1. The molecule has 0 saturated carbocycles. The first-order valence-corrected chi connectivity index (χ1v) is 7.25. The highest BCUT2D eigenvalue weighted by Gasteiger charge is 2.44. The number of carbonyl (C=O) groups excluding carboxylic acids is 1. The van der Waals surface area contributed by atoms with E-state index in [4.69, 9.17) is 0 Å². The lowest BCUT2D eigenvalue weighted by Gasteiger charge is -2.23. The lowest BCUT2D eigenvalue weighted by molar-refractivity contribution is -0.148. The van der Waals surface area contributed by atoms with Crippen molar-refractivity contribution in [1.82, 2.24) is 4.90 Å². The summed E-state index contributed by atoms with van der Waals surface area (Å²) in [5.74, 6) is -0.813. The first-order chi connectivity index (χ1) is 9.89. The fourth-order valence-corrected chi connectivity index (χ4v) is 2.86. The summed E-state index contributed by atoms with van der Waals surface area (Å²) in [6.07, 6.45) is 1.05. The quantitative estimate of drug-likeness (QED) is 0.899. The molecule has 5 nitrogen and oxygen atoms in total. The summed E-state index contributed by atoms with van der Waals surface area (Å²) >= 11 is 0. The average Bonchev–Trinajstić information content (AvgIpc) is 2.89. The third kappa shape index (κ3) is 2.86. The minimum atomic E-state index is -0.813. The van der Waals surface area contributed by atoms with E-state index in [2.05, 4.69) is 5.32 Å². The lowest BCUT2D eigenvalue weighted by atomic mass is 9.84. The molecule has 21 heavy (non-hydrogen) atoms. The van der Waals surface area contributed by atoms with Gasteiger partial charge in [0.25, 0.3) is 0 Å². The molecular weight excluding hydrogens is 268 g/mol. The van der Waals surface area contributed by atoms with Crippen LogP contribution in [0.25, 0.3) is 0 Å². The predicted octanol–water partition coefficient (Wildman–Crippen LogP) is 3.02. The topological polar surface area (TPSA) is 69.6 Å². The molecule has 0 spiro atoms. The first kappa shape index (κ1) is 15.4. The molecule has 0 aliphatic carbocycles. The third-order valence-electron chi connectivity index (χ3n) is 4.48. The van der Waals surface area contributed by atoms with Gasteiger partial charge in [0.1, 0.15) is 0 Å². The number of carboxylic acids is 1. The molecule has 1 atom stereocenters. The molecule has 1 saturated heterocycles. The van der Waals surface area contributed by atoms with Crippen molar-refractivity contribution in [2.24, 2.45) is 5.41 Å². The van der Waals surface area contributed by atoms with Crippen LogP contribution in [0, 0.1) is 19.3 Å². The van der Waals surface area contributed by atoms with E-state index in [1.165, 1.54) is 0 Å². The van der Waals surface area contributed by atoms with Crippen molar-refractivity contribution in [3.05, 3.63) is 29.3 Å². The Bertz CT molecular complexity index is 550. The Morgan fingerprint density at radius 1 is 1.33 bits per heavy atom. The third-order valence-corrected chi connectivity index (χ3v) is 4.48. The number of anilines is 1. The van der Waals surface area contributed by atoms with Gasteiger partial charge in [-0.1, -0.05) is 25.1 Å². The monoisotopic (exact) mass is 290 g/mol. The second-order valence-corrected chi connectivity index (χ2v) is 5.81. The van der Waals surface area contributed by atoms with Crippen LogP contribution in [0.1, 0.15) is 30.9 Å². The van der Waals surface area contributed by atoms with Crippen molar-refractivity contribution < 1.29 is 14.7 Å². The van der Waals surface area contributed by atoms with Crippen LogP contribution in [0.2, 0.25) is 0 Å². The van der Waals surface area contributed by atoms with Crippen molar-refractivity contribution in [1.29, 1.82) is 0 Å². The average molecular weight is 290 g/mol. The summed E-state index contributed by atoms with van der Waals surface area (Å²) in [5, 5.41) is 12.3. The molecule has 0 radical (unpaired) electrons. The molecule has 0 aromatic heterocycles. The molecule has 1 aromatic rings. The number of nitrogens with one attached hydrogen (secondary N) is 1. The number of hydrogen-bond acceptors (Lipinski definition) is 2. The van der Waals surface area contributed by atoms with Crippen molar-refractivity contribution >= 4 is 17.7 Å². The SMILES string of the molecule is CCC1(C(=O)O)CCN(C(=O)Nc2c(C)cccc2C)C1. The number of carbonyl (C=O) groups is 2. The van der Waals surface area contributed by atoms with Gasteiger partial charge in [0.15, 0.2) is 0 Å². The van der Waals surface area contributed by atoms with E-state index in [-0.39, 0.29) is 12.6 Å². The van der Waals surface area contributed by atoms with Gasteiger partial charge in [0.05, 0.1) is 5.41 Å². The number of carboxylic acid groups (broad SMARTS) is 1. The molecule has 1 aromatic carbocycles. The Morgan fingerprint density at radius 3 is 2.43 bits per heavy atom. The highest BCUT2D eigenvalue weighted by Crippen LogP contribution is 2.34. The zero-order valence-corrected chi connectivity index (χ0v) is 12.8. The Hall–Kier alpha value is -2.04. The second-order valence-electron chi connectivity index (χ2n) is 5.81. The van der Waals surface area contributed by atoms with Crippen LogP contribution in [0.15, 0.2) is 18.2 Å². The molecule has 1 unspecified atom stereocenters. The molecule has 0 bridgehead atoms. The molecule has 2 amide bonds. The summed E-state index contributed by atoms with van der Waals surface area (Å²) in [6, 6.07) is 5.62. The number of likely N-dealkylation sites (tertiary alicyclic amines) is 1. The number of urea groups is 1. The summed E-state index contributed by atoms with van der Waals surface area (Å²) in [5.41, 5.74) is 2.02. The number of hydrogen-bond donors (Lipinski definition) is 2. The van der Waals surface area contributed by atoms with Crippen LogP contribution in [0.5, 0.6) is 0 Å². The molecule has 1 fully saturated rings. The van der Waals surface area contributed by atoms with E-state index >= 15 is 0 Å². The van der Waals surface area contributed by atoms with E-state index in [0.717, 1.165) is 16.8 Å². The fourth-order valence-electron chi connectivity index (χ4n) is 2.86. The molecule has 1 heterocycles. The normalized spacial score (nSPS) is 21.4. The number of rotatable bonds is 3. The van der Waals surface area contributed by atoms with E-state index in [0.29, 0.717) is 19.4 Å². The van der Waals surface area contributed by atoms with Gasteiger partial charge >= 0.3 is 12.0 Å². The number of aryl methyl sites for hydroxylation is 2. The van der Waals surface area contributed by atoms with Gasteiger partial charge in [-0.2, -0.15) is 0 Å². The summed E-state index contributed by atoms with van der Waals surface area (Å²) in [6.45, 7) is 6.51. The standard InChI is InChI=1S/C16H22N2O3/c1-4-16(14(19)20)8-9-18(10-16)15(21)17-13-11(2)6-5-7-12(13)3/h5-7H,4,8-10H2,1-3H3,(H,17,21)(H,19,20). The zero-order chi connectivity index (χ0) is 15.6. The number of amides is 2. The Balaban J connectivity index is 2.11. The molecule has 114 valence electrons. The van der Waals surface area contributed by atoms with Gasteiger partial charge in [0.2, 0.25) is 0 Å². The van der Waals surface area contributed by atoms with Gasteiger partial charge < -0.3 is 15.3 Å². The Kier molecular flexibility index (Phi) is 4.21. The Labute approximate surface area is 125 Å². The maximum Gasteiger partial charge on any atom is 0.321 e. The highest BCUT2D eigenvalue weighted by atomic mass is 16.4. The van der Waals surface area contributed by atoms with Gasteiger partial charge in [-0.3, -0.25) is 4.79 Å². The van der Waals surface area contributed by atoms with E-state index < -0.39 is 11.4 Å². The molecule has 5 heteroatoms. The van der Waals surface area contributed by atoms with Crippen LogP contribution in [-0.4, -0.2) is 35.1 Å². The highest BCUT2D eigenvalue weighted by molar-refractivity contribution is 5.92. The van der Waals surface area contributed by atoms with Crippen molar-refractivity contribution in [2.45, 2.75) is 33.6 Å². The summed E-state index contributed by atoms with van der Waals surface area (Å²) in [7, 11) is 0. The molecule has 1 aliphatic rings. The number of benzene rings is 1. The number of nitrogens with zero attached hydrogens (tertiary/aromatic N) is 1. The van der Waals surface area contributed by atoms with Crippen LogP contribution < -0.4 is 5.32 Å². The smallest absolute Gasteiger partial charge is 0.321 e. The van der Waals surface area contributed by atoms with Gasteiger partial charge in [-0.25, -0.2) is 4.79 Å². The van der Waals surface area contributed by atoms with Crippen molar-refractivity contribution in [3.63, 3.8) is 0 Å². The van der Waals surface area contributed by atoms with E-state index in [1.54, 1.807) is 4.90 Å². The summed E-state index contributed by atoms with van der Waals surface area (Å²) in [4.78, 5) is 25.4. The van der Waals surface area contributed by atoms with E-state index in [1.807, 2.05) is 39.0 Å². The maximum absolute atomic E-state index is 12.4. The Morgan fingerprint density at radius 2 is 1.95 bits per heavy atom. The predicted molar refractivity (Wildman–Crippen MR) is 81.5 cm³/mol. The molecule has 2 rings (SSSR count).